The molecule has 0 saturated carbocycles. The number of halogens is 2. The molecule has 1 atom stereocenters. The fraction of sp³-hybridized carbons (Fsp3) is 0.455. The van der Waals surface area contributed by atoms with Crippen LogP contribution in [0.4, 0.5) is 5.69 Å². The van der Waals surface area contributed by atoms with Crippen LogP contribution >= 0.6 is 39.3 Å². The molecule has 1 heterocycles. The molecule has 1 aromatic carbocycles. The van der Waals surface area contributed by atoms with Crippen LogP contribution in [0.2, 0.25) is 5.02 Å². The quantitative estimate of drug-likeness (QED) is 0.785. The summed E-state index contributed by atoms with van der Waals surface area (Å²) in [6.07, 6.45) is 1.89. The molecular formula is C11H14BrClN2O2S2. The van der Waals surface area contributed by atoms with Crippen LogP contribution in [0.3, 0.4) is 0 Å². The summed E-state index contributed by atoms with van der Waals surface area (Å²) in [5.74, 6) is 1.89. The second-order valence-corrected chi connectivity index (χ2v) is 8.40. The van der Waals surface area contributed by atoms with Gasteiger partial charge in [0, 0.05) is 22.5 Å². The van der Waals surface area contributed by atoms with Crippen LogP contribution in [0, 0.1) is 0 Å². The number of thioether (sulfide) groups is 1. The Balaban J connectivity index is 2.28. The van der Waals surface area contributed by atoms with Crippen LogP contribution in [-0.4, -0.2) is 26.0 Å². The summed E-state index contributed by atoms with van der Waals surface area (Å²) in [7, 11) is -3.61. The van der Waals surface area contributed by atoms with E-state index in [0.29, 0.717) is 15.2 Å². The van der Waals surface area contributed by atoms with Crippen molar-refractivity contribution in [2.45, 2.75) is 23.8 Å². The third-order valence-corrected chi connectivity index (χ3v) is 6.93. The molecule has 1 unspecified atom stereocenters. The van der Waals surface area contributed by atoms with Gasteiger partial charge in [-0.05, 0) is 46.7 Å². The molecule has 1 saturated heterocycles. The first-order chi connectivity index (χ1) is 8.90. The smallest absolute Gasteiger partial charge is 0.242 e. The second-order valence-electron chi connectivity index (χ2n) is 4.34. The van der Waals surface area contributed by atoms with Gasteiger partial charge in [-0.3, -0.25) is 0 Å². The zero-order chi connectivity index (χ0) is 14.0. The van der Waals surface area contributed by atoms with Crippen molar-refractivity contribution >= 4 is 55.0 Å². The van der Waals surface area contributed by atoms with Gasteiger partial charge in [-0.2, -0.15) is 11.8 Å². The van der Waals surface area contributed by atoms with E-state index in [1.165, 1.54) is 12.1 Å². The fourth-order valence-electron chi connectivity index (χ4n) is 1.90. The molecule has 0 aliphatic carbocycles. The Morgan fingerprint density at radius 3 is 2.84 bits per heavy atom. The number of nitrogen functional groups attached to an aromatic ring is 1. The molecule has 2 rings (SSSR count). The molecule has 3 N–H and O–H groups in total. The Morgan fingerprint density at radius 2 is 2.21 bits per heavy atom. The molecule has 0 radical (unpaired) electrons. The molecule has 1 fully saturated rings. The molecule has 1 aliphatic heterocycles. The van der Waals surface area contributed by atoms with Gasteiger partial charge in [0.15, 0.2) is 0 Å². The van der Waals surface area contributed by atoms with Crippen LogP contribution in [0.25, 0.3) is 0 Å². The lowest BCUT2D eigenvalue weighted by molar-refractivity contribution is 0.543. The first-order valence-electron chi connectivity index (χ1n) is 5.75. The largest absolute Gasteiger partial charge is 0.398 e. The van der Waals surface area contributed by atoms with Crippen molar-refractivity contribution in [3.05, 3.63) is 21.6 Å². The summed E-state index contributed by atoms with van der Waals surface area (Å²) in [4.78, 5) is 0.0908. The van der Waals surface area contributed by atoms with Crippen molar-refractivity contribution in [2.75, 3.05) is 17.2 Å². The maximum Gasteiger partial charge on any atom is 0.242 e. The van der Waals surface area contributed by atoms with E-state index < -0.39 is 10.0 Å². The Labute approximate surface area is 130 Å². The predicted octanol–water partition coefficient (Wildman–Crippen LogP) is 2.86. The van der Waals surface area contributed by atoms with Gasteiger partial charge in [0.25, 0.3) is 0 Å². The summed E-state index contributed by atoms with van der Waals surface area (Å²) in [6, 6.07) is 2.89. The number of hydrogen-bond acceptors (Lipinski definition) is 4. The lowest BCUT2D eigenvalue weighted by Crippen LogP contribution is -2.38. The standard InChI is InChI=1S/C11H14BrClN2O2S2/c12-11-9(14)4-7(13)5-10(11)19(16,17)15-8-2-1-3-18-6-8/h4-5,8,15H,1-3,6,14H2. The van der Waals surface area contributed by atoms with E-state index in [2.05, 4.69) is 20.7 Å². The van der Waals surface area contributed by atoms with Crippen LogP contribution in [-0.2, 0) is 10.0 Å². The van der Waals surface area contributed by atoms with Crippen molar-refractivity contribution in [1.29, 1.82) is 0 Å². The molecule has 0 spiro atoms. The zero-order valence-electron chi connectivity index (χ0n) is 10.0. The van der Waals surface area contributed by atoms with Crippen molar-refractivity contribution < 1.29 is 8.42 Å². The SMILES string of the molecule is Nc1cc(Cl)cc(S(=O)(=O)NC2CCCSC2)c1Br. The molecule has 8 heteroatoms. The van der Waals surface area contributed by atoms with Gasteiger partial charge in [0.2, 0.25) is 10.0 Å². The van der Waals surface area contributed by atoms with Crippen molar-refractivity contribution in [1.82, 2.24) is 4.72 Å². The third kappa shape index (κ3) is 3.78. The molecular weight excluding hydrogens is 372 g/mol. The molecule has 0 aromatic heterocycles. The average molecular weight is 386 g/mol. The normalized spacial score (nSPS) is 20.4. The van der Waals surface area contributed by atoms with E-state index in [-0.39, 0.29) is 10.9 Å². The highest BCUT2D eigenvalue weighted by molar-refractivity contribution is 9.10. The highest BCUT2D eigenvalue weighted by Crippen LogP contribution is 2.32. The van der Waals surface area contributed by atoms with E-state index >= 15 is 0 Å². The Bertz CT molecular complexity index is 574. The van der Waals surface area contributed by atoms with Gasteiger partial charge in [0.05, 0.1) is 9.37 Å². The highest BCUT2D eigenvalue weighted by Gasteiger charge is 2.25. The number of anilines is 1. The number of hydrogen-bond donors (Lipinski definition) is 2. The molecule has 1 aliphatic rings. The van der Waals surface area contributed by atoms with Crippen LogP contribution in [0.5, 0.6) is 0 Å². The molecule has 19 heavy (non-hydrogen) atoms. The number of benzene rings is 1. The second kappa shape index (κ2) is 6.22. The van der Waals surface area contributed by atoms with Crippen LogP contribution < -0.4 is 10.5 Å². The van der Waals surface area contributed by atoms with Crippen molar-refractivity contribution in [3.8, 4) is 0 Å². The molecule has 4 nitrogen and oxygen atoms in total. The summed E-state index contributed by atoms with van der Waals surface area (Å²) < 4.78 is 27.8. The van der Waals surface area contributed by atoms with Gasteiger partial charge in [-0.25, -0.2) is 13.1 Å². The molecule has 106 valence electrons. The summed E-state index contributed by atoms with van der Waals surface area (Å²) in [5, 5.41) is 0.305. The first kappa shape index (κ1) is 15.4. The number of sulfonamides is 1. The van der Waals surface area contributed by atoms with E-state index in [1.54, 1.807) is 11.8 Å². The summed E-state index contributed by atoms with van der Waals surface area (Å²) >= 11 is 10.8. The minimum Gasteiger partial charge on any atom is -0.398 e. The van der Waals surface area contributed by atoms with Gasteiger partial charge in [0.1, 0.15) is 0 Å². The zero-order valence-corrected chi connectivity index (χ0v) is 14.0. The minimum absolute atomic E-state index is 0.0316. The van der Waals surface area contributed by atoms with E-state index in [9.17, 15) is 8.42 Å². The number of nitrogens with two attached hydrogens (primary N) is 1. The van der Waals surface area contributed by atoms with E-state index in [4.69, 9.17) is 17.3 Å². The average Bonchev–Trinajstić information content (AvgIpc) is 2.34. The van der Waals surface area contributed by atoms with E-state index in [0.717, 1.165) is 24.3 Å². The van der Waals surface area contributed by atoms with Gasteiger partial charge in [-0.1, -0.05) is 11.6 Å². The first-order valence-corrected chi connectivity index (χ1v) is 9.55. The highest BCUT2D eigenvalue weighted by atomic mass is 79.9. The molecule has 1 aromatic rings. The lowest BCUT2D eigenvalue weighted by Gasteiger charge is -2.22. The maximum atomic E-state index is 12.4. The lowest BCUT2D eigenvalue weighted by atomic mass is 10.2. The number of rotatable bonds is 3. The van der Waals surface area contributed by atoms with Gasteiger partial charge >= 0.3 is 0 Å². The minimum atomic E-state index is -3.61. The summed E-state index contributed by atoms with van der Waals surface area (Å²) in [6.45, 7) is 0. The van der Waals surface area contributed by atoms with Crippen molar-refractivity contribution in [2.24, 2.45) is 0 Å². The van der Waals surface area contributed by atoms with Crippen molar-refractivity contribution in [3.63, 3.8) is 0 Å². The van der Waals surface area contributed by atoms with Gasteiger partial charge < -0.3 is 5.73 Å². The maximum absolute atomic E-state index is 12.4. The summed E-state index contributed by atoms with van der Waals surface area (Å²) in [5.41, 5.74) is 6.03. The predicted molar refractivity (Wildman–Crippen MR) is 84.2 cm³/mol. The Kier molecular flexibility index (Phi) is 5.05. The fourth-order valence-corrected chi connectivity index (χ4v) is 5.64. The number of nitrogens with one attached hydrogen (secondary N) is 1. The topological polar surface area (TPSA) is 72.2 Å². The van der Waals surface area contributed by atoms with E-state index in [1.807, 2.05) is 0 Å². The molecule has 0 amide bonds. The third-order valence-electron chi connectivity index (χ3n) is 2.80. The van der Waals surface area contributed by atoms with Gasteiger partial charge in [-0.15, -0.1) is 0 Å². The van der Waals surface area contributed by atoms with Crippen LogP contribution in [0.1, 0.15) is 12.8 Å². The Hall–Kier alpha value is 0.0500. The molecule has 0 bridgehead atoms. The Morgan fingerprint density at radius 1 is 1.47 bits per heavy atom. The monoisotopic (exact) mass is 384 g/mol. The van der Waals surface area contributed by atoms with Crippen LogP contribution in [0.15, 0.2) is 21.5 Å².